The summed E-state index contributed by atoms with van der Waals surface area (Å²) in [5.41, 5.74) is 0. The van der Waals surface area contributed by atoms with Crippen molar-refractivity contribution in [1.29, 1.82) is 0 Å². The molecule has 14 heavy (non-hydrogen) atoms. The maximum atomic E-state index is 11.3. The van der Waals surface area contributed by atoms with Crippen molar-refractivity contribution in [2.75, 3.05) is 7.05 Å². The average molecular weight is 197 g/mol. The van der Waals surface area contributed by atoms with Gasteiger partial charge in [-0.05, 0) is 39.7 Å². The predicted molar refractivity (Wildman–Crippen MR) is 59.3 cm³/mol. The van der Waals surface area contributed by atoms with E-state index in [4.69, 9.17) is 0 Å². The van der Waals surface area contributed by atoms with E-state index in [9.17, 15) is 4.79 Å². The molecule has 0 heterocycles. The number of hydrogen-bond donors (Lipinski definition) is 0. The van der Waals surface area contributed by atoms with Crippen molar-refractivity contribution >= 4 is 5.78 Å². The highest BCUT2D eigenvalue weighted by molar-refractivity contribution is 5.80. The number of ketones is 1. The monoisotopic (exact) mass is 197 g/mol. The van der Waals surface area contributed by atoms with Crippen LogP contribution in [0, 0.1) is 5.92 Å². The van der Waals surface area contributed by atoms with Gasteiger partial charge in [-0.2, -0.15) is 0 Å². The highest BCUT2D eigenvalue weighted by atomic mass is 16.1. The second-order valence-corrected chi connectivity index (χ2v) is 4.78. The number of nitrogens with zero attached hydrogens (tertiary/aromatic N) is 1. The molecule has 1 rings (SSSR count). The van der Waals surface area contributed by atoms with Crippen LogP contribution in [0.2, 0.25) is 0 Å². The molecule has 3 unspecified atom stereocenters. The molecule has 1 aliphatic rings. The molecule has 0 spiro atoms. The van der Waals surface area contributed by atoms with Crippen LogP contribution in [-0.2, 0) is 4.79 Å². The van der Waals surface area contributed by atoms with Gasteiger partial charge in [0.15, 0.2) is 0 Å². The molecule has 82 valence electrons. The van der Waals surface area contributed by atoms with Gasteiger partial charge in [0.1, 0.15) is 5.78 Å². The fourth-order valence-corrected chi connectivity index (χ4v) is 2.48. The summed E-state index contributed by atoms with van der Waals surface area (Å²) in [4.78, 5) is 13.6. The minimum absolute atomic E-state index is 0.0838. The lowest BCUT2D eigenvalue weighted by Crippen LogP contribution is -2.46. The first-order chi connectivity index (χ1) is 6.54. The Labute approximate surface area is 87.7 Å². The van der Waals surface area contributed by atoms with E-state index in [1.54, 1.807) is 6.92 Å². The summed E-state index contributed by atoms with van der Waals surface area (Å²) in [6, 6.07) is 0.697. The molecule has 2 nitrogen and oxygen atoms in total. The van der Waals surface area contributed by atoms with Gasteiger partial charge in [-0.3, -0.25) is 9.69 Å². The lowest BCUT2D eigenvalue weighted by Gasteiger charge is -2.38. The Morgan fingerprint density at radius 2 is 1.93 bits per heavy atom. The van der Waals surface area contributed by atoms with Crippen molar-refractivity contribution in [3.8, 4) is 0 Å². The van der Waals surface area contributed by atoms with Gasteiger partial charge in [0.25, 0.3) is 0 Å². The summed E-state index contributed by atoms with van der Waals surface area (Å²) < 4.78 is 0. The summed E-state index contributed by atoms with van der Waals surface area (Å²) in [5, 5.41) is 0. The molecule has 0 aromatic carbocycles. The third kappa shape index (κ3) is 2.57. The Kier molecular flexibility index (Phi) is 4.11. The zero-order valence-corrected chi connectivity index (χ0v) is 9.92. The van der Waals surface area contributed by atoms with Crippen molar-refractivity contribution in [3.63, 3.8) is 0 Å². The van der Waals surface area contributed by atoms with Gasteiger partial charge >= 0.3 is 0 Å². The number of carbonyl (C=O) groups is 1. The fraction of sp³-hybridized carbons (Fsp3) is 0.917. The molecule has 0 radical (unpaired) electrons. The van der Waals surface area contributed by atoms with Crippen LogP contribution in [0.25, 0.3) is 0 Å². The molecule has 0 bridgehead atoms. The van der Waals surface area contributed by atoms with Crippen LogP contribution >= 0.6 is 0 Å². The van der Waals surface area contributed by atoms with Gasteiger partial charge in [0.2, 0.25) is 0 Å². The minimum atomic E-state index is 0.0838. The second kappa shape index (κ2) is 4.92. The first-order valence-electron chi connectivity index (χ1n) is 5.76. The maximum Gasteiger partial charge on any atom is 0.146 e. The quantitative estimate of drug-likeness (QED) is 0.692. The number of carbonyl (C=O) groups excluding carboxylic acids is 1. The van der Waals surface area contributed by atoms with Crippen molar-refractivity contribution in [2.24, 2.45) is 5.92 Å². The fourth-order valence-electron chi connectivity index (χ4n) is 2.48. The Bertz CT molecular complexity index is 202. The van der Waals surface area contributed by atoms with Crippen LogP contribution in [-0.4, -0.2) is 29.8 Å². The lowest BCUT2D eigenvalue weighted by molar-refractivity contribution is -0.122. The summed E-state index contributed by atoms with van der Waals surface area (Å²) in [6.07, 6.45) is 5.26. The summed E-state index contributed by atoms with van der Waals surface area (Å²) in [6.45, 7) is 6.02. The zero-order valence-electron chi connectivity index (χ0n) is 9.92. The number of hydrogen-bond acceptors (Lipinski definition) is 2. The summed E-state index contributed by atoms with van der Waals surface area (Å²) in [5.74, 6) is 1.03. The smallest absolute Gasteiger partial charge is 0.146 e. The first-order valence-corrected chi connectivity index (χ1v) is 5.76. The molecule has 0 amide bonds. The van der Waals surface area contributed by atoms with Crippen molar-refractivity contribution in [2.45, 2.75) is 58.5 Å². The third-order valence-corrected chi connectivity index (χ3v) is 3.79. The van der Waals surface area contributed by atoms with Crippen LogP contribution < -0.4 is 0 Å². The molecule has 0 aliphatic heterocycles. The lowest BCUT2D eigenvalue weighted by atomic mass is 9.84. The Morgan fingerprint density at radius 3 is 2.43 bits per heavy atom. The molecule has 0 aromatic heterocycles. The Hall–Kier alpha value is -0.370. The third-order valence-electron chi connectivity index (χ3n) is 3.79. The molecule has 3 atom stereocenters. The molecule has 0 aromatic rings. The van der Waals surface area contributed by atoms with Crippen molar-refractivity contribution in [3.05, 3.63) is 0 Å². The van der Waals surface area contributed by atoms with Gasteiger partial charge in [-0.25, -0.2) is 0 Å². The van der Waals surface area contributed by atoms with E-state index in [2.05, 4.69) is 18.9 Å². The Morgan fingerprint density at radius 1 is 1.36 bits per heavy atom. The van der Waals surface area contributed by atoms with Gasteiger partial charge in [-0.15, -0.1) is 0 Å². The van der Waals surface area contributed by atoms with E-state index in [0.717, 1.165) is 5.92 Å². The van der Waals surface area contributed by atoms with E-state index in [1.807, 2.05) is 6.92 Å². The first kappa shape index (κ1) is 11.7. The maximum absolute atomic E-state index is 11.3. The number of rotatable bonds is 3. The van der Waals surface area contributed by atoms with Crippen LogP contribution in [0.1, 0.15) is 46.5 Å². The van der Waals surface area contributed by atoms with E-state index in [-0.39, 0.29) is 11.8 Å². The predicted octanol–water partition coefficient (Wildman–Crippen LogP) is 2.47. The standard InChI is InChI=1S/C12H23NO/c1-9-7-5-6-8-12(9)13(4)10(2)11(3)14/h9-10,12H,5-8H2,1-4H3. The second-order valence-electron chi connectivity index (χ2n) is 4.78. The normalized spacial score (nSPS) is 30.4. The molecule has 1 fully saturated rings. The van der Waals surface area contributed by atoms with Gasteiger partial charge < -0.3 is 0 Å². The Balaban J connectivity index is 2.57. The van der Waals surface area contributed by atoms with Crippen molar-refractivity contribution < 1.29 is 4.79 Å². The highest BCUT2D eigenvalue weighted by Crippen LogP contribution is 2.28. The molecule has 1 saturated carbocycles. The van der Waals surface area contributed by atoms with Crippen LogP contribution in [0.4, 0.5) is 0 Å². The molecule has 0 saturated heterocycles. The van der Waals surface area contributed by atoms with E-state index in [1.165, 1.54) is 25.7 Å². The van der Waals surface area contributed by atoms with Gasteiger partial charge in [-0.1, -0.05) is 19.8 Å². The topological polar surface area (TPSA) is 20.3 Å². The van der Waals surface area contributed by atoms with E-state index >= 15 is 0 Å². The van der Waals surface area contributed by atoms with Gasteiger partial charge in [0.05, 0.1) is 6.04 Å². The summed E-state index contributed by atoms with van der Waals surface area (Å²) in [7, 11) is 2.10. The summed E-state index contributed by atoms with van der Waals surface area (Å²) >= 11 is 0. The minimum Gasteiger partial charge on any atom is -0.298 e. The number of likely N-dealkylation sites (N-methyl/N-ethyl adjacent to an activating group) is 1. The number of Topliss-reactive ketones (excluding diaryl/α,β-unsaturated/α-hetero) is 1. The highest BCUT2D eigenvalue weighted by Gasteiger charge is 2.28. The van der Waals surface area contributed by atoms with Gasteiger partial charge in [0, 0.05) is 6.04 Å². The SMILES string of the molecule is CC(=O)C(C)N(C)C1CCCCC1C. The van der Waals surface area contributed by atoms with E-state index < -0.39 is 0 Å². The molecular weight excluding hydrogens is 174 g/mol. The molecule has 1 aliphatic carbocycles. The van der Waals surface area contributed by atoms with E-state index in [0.29, 0.717) is 6.04 Å². The molecule has 0 N–H and O–H groups in total. The van der Waals surface area contributed by atoms with Crippen molar-refractivity contribution in [1.82, 2.24) is 4.90 Å². The molecule has 2 heteroatoms. The van der Waals surface area contributed by atoms with Crippen LogP contribution in [0.15, 0.2) is 0 Å². The van der Waals surface area contributed by atoms with Crippen LogP contribution in [0.5, 0.6) is 0 Å². The zero-order chi connectivity index (χ0) is 10.7. The average Bonchev–Trinajstić information content (AvgIpc) is 2.16. The largest absolute Gasteiger partial charge is 0.298 e. The molecular formula is C12H23NO. The van der Waals surface area contributed by atoms with Crippen LogP contribution in [0.3, 0.4) is 0 Å².